The highest BCUT2D eigenvalue weighted by atomic mass is 16.7. The number of ketones is 1. The van der Waals surface area contributed by atoms with Gasteiger partial charge in [-0.3, -0.25) is 25.0 Å². The van der Waals surface area contributed by atoms with Crippen molar-refractivity contribution in [2.45, 2.75) is 18.5 Å². The first-order valence-electron chi connectivity index (χ1n) is 6.84. The van der Waals surface area contributed by atoms with Crippen LogP contribution in [-0.4, -0.2) is 21.3 Å². The second-order valence-electron chi connectivity index (χ2n) is 6.91. The van der Waals surface area contributed by atoms with Gasteiger partial charge in [0.15, 0.2) is 0 Å². The molecule has 0 amide bonds. The fourth-order valence-electron chi connectivity index (χ4n) is 6.89. The van der Waals surface area contributed by atoms with E-state index in [0.29, 0.717) is 12.8 Å². The van der Waals surface area contributed by atoms with Gasteiger partial charge in [0.1, 0.15) is 17.6 Å². The molecule has 7 heteroatoms. The summed E-state index contributed by atoms with van der Waals surface area (Å²) < 4.78 is 0. The molecule has 19 heavy (non-hydrogen) atoms. The van der Waals surface area contributed by atoms with Crippen molar-refractivity contribution >= 4 is 5.78 Å². The van der Waals surface area contributed by atoms with E-state index in [0.717, 1.165) is 0 Å². The Morgan fingerprint density at radius 3 is 1.68 bits per heavy atom. The molecule has 0 aromatic rings. The average molecular weight is 264 g/mol. The van der Waals surface area contributed by atoms with Crippen molar-refractivity contribution in [2.75, 3.05) is 0 Å². The van der Waals surface area contributed by atoms with E-state index < -0.39 is 27.3 Å². The molecule has 100 valence electrons. The average Bonchev–Trinajstić information content (AvgIpc) is 2.86. The van der Waals surface area contributed by atoms with E-state index in [1.807, 2.05) is 0 Å². The monoisotopic (exact) mass is 264 g/mol. The molecule has 0 aromatic heterocycles. The Morgan fingerprint density at radius 1 is 0.895 bits per heavy atom. The van der Waals surface area contributed by atoms with Gasteiger partial charge < -0.3 is 0 Å². The first-order valence-corrected chi connectivity index (χ1v) is 6.84. The molecule has 0 unspecified atom stereocenters. The SMILES string of the molecule is O=C1[C@H]2C[C@@H]3[C@H]4[C@@H]2[C@H]2[C@H]4[C@@H](C[C@@H]12)C3([N+](=O)[O-])[N+](=O)[O-]. The van der Waals surface area contributed by atoms with Crippen molar-refractivity contribution in [1.82, 2.24) is 0 Å². The van der Waals surface area contributed by atoms with Crippen molar-refractivity contribution in [3.8, 4) is 0 Å². The van der Waals surface area contributed by atoms with Crippen LogP contribution in [0, 0.1) is 67.6 Å². The number of nitrogens with zero attached hydrogens (tertiary/aromatic N) is 2. The fraction of sp³-hybridized carbons (Fsp3) is 0.917. The lowest BCUT2D eigenvalue weighted by atomic mass is 9.60. The van der Waals surface area contributed by atoms with Gasteiger partial charge in [0.2, 0.25) is 0 Å². The minimum absolute atomic E-state index is 0.0762. The van der Waals surface area contributed by atoms with Gasteiger partial charge in [-0.1, -0.05) is 0 Å². The number of carbonyl (C=O) groups excluding carboxylic acids is 1. The van der Waals surface area contributed by atoms with Gasteiger partial charge in [-0.15, -0.1) is 0 Å². The number of Topliss-reactive ketones (excluding diaryl/α,β-unsaturated/α-hetero) is 1. The molecule has 0 aliphatic heterocycles. The van der Waals surface area contributed by atoms with E-state index in [1.165, 1.54) is 0 Å². The molecule has 8 atom stereocenters. The fourth-order valence-corrected chi connectivity index (χ4v) is 6.89. The molecule has 7 nitrogen and oxygen atoms in total. The molecule has 5 aliphatic carbocycles. The van der Waals surface area contributed by atoms with Crippen LogP contribution in [0.4, 0.5) is 0 Å². The van der Waals surface area contributed by atoms with Gasteiger partial charge >= 0.3 is 5.66 Å². The number of hydrogen-bond donors (Lipinski definition) is 0. The number of carbonyl (C=O) groups is 1. The van der Waals surface area contributed by atoms with E-state index in [2.05, 4.69) is 0 Å². The molecular formula is C12H12N2O5. The molecular weight excluding hydrogens is 252 g/mol. The maximum Gasteiger partial charge on any atom is 0.464 e. The molecule has 5 fully saturated rings. The summed E-state index contributed by atoms with van der Waals surface area (Å²) in [4.78, 5) is 34.1. The quantitative estimate of drug-likeness (QED) is 0.412. The Morgan fingerprint density at radius 2 is 1.32 bits per heavy atom. The van der Waals surface area contributed by atoms with Gasteiger partial charge in [-0.25, -0.2) is 0 Å². The minimum Gasteiger partial charge on any atom is -0.299 e. The summed E-state index contributed by atoms with van der Waals surface area (Å²) in [5.74, 6) is -0.359. The van der Waals surface area contributed by atoms with E-state index >= 15 is 0 Å². The molecule has 0 N–H and O–H groups in total. The molecule has 0 aromatic carbocycles. The number of rotatable bonds is 2. The van der Waals surface area contributed by atoms with Crippen LogP contribution >= 0.6 is 0 Å². The lowest BCUT2D eigenvalue weighted by Crippen LogP contribution is -2.55. The molecule has 5 aliphatic rings. The van der Waals surface area contributed by atoms with Crippen LogP contribution in [0.15, 0.2) is 0 Å². The van der Waals surface area contributed by atoms with E-state index in [9.17, 15) is 25.0 Å². The standard InChI is InChI=1S/C12H12N2O5/c15-11-3-1-5-9-7(3)8-4(11)2-6(10(8)9)12(5,13(16)17)14(18)19/h3-10H,1-2H2/t3-,4+,5-,6-,7+,8+,9-,10+/m1/s1. The number of hydrogen-bond acceptors (Lipinski definition) is 5. The summed E-state index contributed by atoms with van der Waals surface area (Å²) in [6, 6.07) is 0. The van der Waals surface area contributed by atoms with Crippen molar-refractivity contribution in [3.63, 3.8) is 0 Å². The zero-order valence-corrected chi connectivity index (χ0v) is 9.97. The van der Waals surface area contributed by atoms with Crippen LogP contribution < -0.4 is 0 Å². The van der Waals surface area contributed by atoms with Gasteiger partial charge in [0.25, 0.3) is 0 Å². The topological polar surface area (TPSA) is 103 Å². The molecule has 0 radical (unpaired) electrons. The molecule has 0 bridgehead atoms. The van der Waals surface area contributed by atoms with Crippen molar-refractivity contribution < 1.29 is 14.6 Å². The zero-order chi connectivity index (χ0) is 13.3. The third-order valence-corrected chi connectivity index (χ3v) is 7.06. The Hall–Kier alpha value is -1.53. The summed E-state index contributed by atoms with van der Waals surface area (Å²) >= 11 is 0. The highest BCUT2D eigenvalue weighted by Gasteiger charge is 2.91. The highest BCUT2D eigenvalue weighted by Crippen LogP contribution is 2.81. The van der Waals surface area contributed by atoms with Crippen molar-refractivity contribution in [3.05, 3.63) is 20.2 Å². The normalized spacial score (nSPS) is 57.4. The molecule has 0 saturated heterocycles. The molecule has 5 saturated carbocycles. The van der Waals surface area contributed by atoms with Crippen LogP contribution in [0.5, 0.6) is 0 Å². The van der Waals surface area contributed by atoms with E-state index in [4.69, 9.17) is 0 Å². The zero-order valence-electron chi connectivity index (χ0n) is 9.97. The third kappa shape index (κ3) is 0.694. The predicted octanol–water partition coefficient (Wildman–Crippen LogP) is 0.583. The maximum atomic E-state index is 12.3. The Kier molecular flexibility index (Phi) is 1.37. The predicted molar refractivity (Wildman–Crippen MR) is 58.9 cm³/mol. The smallest absolute Gasteiger partial charge is 0.299 e. The van der Waals surface area contributed by atoms with Crippen molar-refractivity contribution in [1.29, 1.82) is 0 Å². The Labute approximate surface area is 107 Å². The number of nitro groups is 2. The summed E-state index contributed by atoms with van der Waals surface area (Å²) in [5.41, 5.74) is -1.99. The van der Waals surface area contributed by atoms with Gasteiger partial charge in [0, 0.05) is 11.8 Å². The van der Waals surface area contributed by atoms with Crippen molar-refractivity contribution in [2.24, 2.45) is 47.3 Å². The lowest BCUT2D eigenvalue weighted by Gasteiger charge is -2.42. The maximum absolute atomic E-state index is 12.3. The van der Waals surface area contributed by atoms with Crippen LogP contribution in [-0.2, 0) is 4.79 Å². The van der Waals surface area contributed by atoms with Crippen LogP contribution in [0.25, 0.3) is 0 Å². The summed E-state index contributed by atoms with van der Waals surface area (Å²) in [6.07, 6.45) is 0.770. The minimum atomic E-state index is -1.99. The summed E-state index contributed by atoms with van der Waals surface area (Å²) in [5, 5.41) is 23.1. The first kappa shape index (κ1) is 10.3. The van der Waals surface area contributed by atoms with Gasteiger partial charge in [0.05, 0.1) is 9.85 Å². The molecule has 0 heterocycles. The second-order valence-corrected chi connectivity index (χ2v) is 6.91. The summed E-state index contributed by atoms with van der Waals surface area (Å²) in [6.45, 7) is 0. The van der Waals surface area contributed by atoms with E-state index in [-0.39, 0.29) is 41.3 Å². The molecule has 5 rings (SSSR count). The summed E-state index contributed by atoms with van der Waals surface area (Å²) in [7, 11) is 0. The lowest BCUT2D eigenvalue weighted by molar-refractivity contribution is -0.813. The van der Waals surface area contributed by atoms with Crippen LogP contribution in [0.1, 0.15) is 12.8 Å². The largest absolute Gasteiger partial charge is 0.464 e. The van der Waals surface area contributed by atoms with E-state index in [1.54, 1.807) is 0 Å². The third-order valence-electron chi connectivity index (χ3n) is 7.06. The first-order chi connectivity index (χ1) is 9.01. The van der Waals surface area contributed by atoms with Gasteiger partial charge in [-0.05, 0) is 36.5 Å². The van der Waals surface area contributed by atoms with Gasteiger partial charge in [-0.2, -0.15) is 0 Å². The highest BCUT2D eigenvalue weighted by molar-refractivity contribution is 5.89. The second kappa shape index (κ2) is 2.53. The van der Waals surface area contributed by atoms with Crippen LogP contribution in [0.3, 0.4) is 0 Å². The Bertz CT molecular complexity index is 526. The van der Waals surface area contributed by atoms with Crippen LogP contribution in [0.2, 0.25) is 0 Å². The molecule has 0 spiro atoms. The Balaban J connectivity index is 1.77.